The monoisotopic (exact) mass is 254 g/mol. The molecule has 0 spiro atoms. The van der Waals surface area contributed by atoms with Crippen LogP contribution < -0.4 is 0 Å². The van der Waals surface area contributed by atoms with Crippen molar-refractivity contribution in [2.24, 2.45) is 5.92 Å². The van der Waals surface area contributed by atoms with Crippen LogP contribution in [0.5, 0.6) is 0 Å². The van der Waals surface area contributed by atoms with Crippen molar-refractivity contribution in [2.45, 2.75) is 38.5 Å². The number of hydrogen-bond acceptors (Lipinski definition) is 3. The lowest BCUT2D eigenvalue weighted by Crippen LogP contribution is -2.41. The Bertz CT molecular complexity index is 257. The number of amides is 1. The zero-order chi connectivity index (χ0) is 12.8. The molecule has 0 aromatic carbocycles. The van der Waals surface area contributed by atoms with Crippen LogP contribution in [0.25, 0.3) is 0 Å². The van der Waals surface area contributed by atoms with E-state index in [0.717, 1.165) is 31.8 Å². The number of nitrogens with zero attached hydrogens (tertiary/aromatic N) is 2. The summed E-state index contributed by atoms with van der Waals surface area (Å²) >= 11 is 0. The molecule has 104 valence electrons. The van der Waals surface area contributed by atoms with E-state index in [1.54, 1.807) is 0 Å². The van der Waals surface area contributed by atoms with Crippen molar-refractivity contribution in [3.63, 3.8) is 0 Å². The zero-order valence-corrected chi connectivity index (χ0v) is 11.3. The molecule has 18 heavy (non-hydrogen) atoms. The lowest BCUT2D eigenvalue weighted by Gasteiger charge is -2.34. The summed E-state index contributed by atoms with van der Waals surface area (Å²) in [4.78, 5) is 16.4. The number of carbonyl (C=O) groups is 1. The maximum absolute atomic E-state index is 11.8. The number of rotatable bonds is 5. The Balaban J connectivity index is 1.65. The molecule has 2 fully saturated rings. The Kier molecular flexibility index (Phi) is 5.45. The van der Waals surface area contributed by atoms with Gasteiger partial charge in [0.1, 0.15) is 0 Å². The highest BCUT2D eigenvalue weighted by Gasteiger charge is 2.24. The van der Waals surface area contributed by atoms with Gasteiger partial charge in [0.2, 0.25) is 5.91 Å². The summed E-state index contributed by atoms with van der Waals surface area (Å²) in [6.07, 6.45) is 6.14. The molecular weight excluding hydrogens is 228 g/mol. The van der Waals surface area contributed by atoms with Crippen molar-refractivity contribution >= 4 is 5.91 Å². The van der Waals surface area contributed by atoms with Crippen LogP contribution in [-0.2, 0) is 4.79 Å². The summed E-state index contributed by atoms with van der Waals surface area (Å²) in [5, 5.41) is 8.74. The zero-order valence-electron chi connectivity index (χ0n) is 11.3. The molecule has 2 saturated heterocycles. The molecule has 0 saturated carbocycles. The van der Waals surface area contributed by atoms with Gasteiger partial charge in [-0.15, -0.1) is 0 Å². The fourth-order valence-corrected chi connectivity index (χ4v) is 3.08. The highest BCUT2D eigenvalue weighted by molar-refractivity contribution is 5.76. The van der Waals surface area contributed by atoms with Gasteiger partial charge in [0.05, 0.1) is 0 Å². The van der Waals surface area contributed by atoms with Gasteiger partial charge < -0.3 is 14.9 Å². The van der Waals surface area contributed by atoms with Gasteiger partial charge in [-0.1, -0.05) is 0 Å². The molecule has 0 aliphatic carbocycles. The van der Waals surface area contributed by atoms with E-state index < -0.39 is 0 Å². The maximum Gasteiger partial charge on any atom is 0.222 e. The number of carbonyl (C=O) groups excluding carboxylic acids is 1. The summed E-state index contributed by atoms with van der Waals surface area (Å²) in [5.74, 6) is 1.01. The van der Waals surface area contributed by atoms with Gasteiger partial charge >= 0.3 is 0 Å². The summed E-state index contributed by atoms with van der Waals surface area (Å²) < 4.78 is 0. The van der Waals surface area contributed by atoms with Crippen molar-refractivity contribution in [1.29, 1.82) is 0 Å². The van der Waals surface area contributed by atoms with Crippen molar-refractivity contribution < 1.29 is 9.90 Å². The lowest BCUT2D eigenvalue weighted by atomic mass is 9.96. The molecular formula is C14H26N2O2. The Morgan fingerprint density at radius 2 is 1.78 bits per heavy atom. The second-order valence-electron chi connectivity index (χ2n) is 5.66. The molecule has 0 radical (unpaired) electrons. The van der Waals surface area contributed by atoms with E-state index in [9.17, 15) is 4.79 Å². The molecule has 2 aliphatic rings. The van der Waals surface area contributed by atoms with Crippen LogP contribution in [-0.4, -0.2) is 60.1 Å². The minimum Gasteiger partial charge on any atom is -0.396 e. The average Bonchev–Trinajstić information content (AvgIpc) is 2.89. The second-order valence-corrected chi connectivity index (χ2v) is 5.66. The van der Waals surface area contributed by atoms with Gasteiger partial charge in [-0.25, -0.2) is 0 Å². The first-order valence-corrected chi connectivity index (χ1v) is 7.40. The first-order valence-electron chi connectivity index (χ1n) is 7.40. The van der Waals surface area contributed by atoms with E-state index in [2.05, 4.69) is 4.90 Å². The van der Waals surface area contributed by atoms with Crippen LogP contribution >= 0.6 is 0 Å². The number of aliphatic hydroxyl groups is 1. The predicted molar refractivity (Wildman–Crippen MR) is 71.3 cm³/mol. The third kappa shape index (κ3) is 3.95. The van der Waals surface area contributed by atoms with E-state index in [-0.39, 0.29) is 12.5 Å². The Hall–Kier alpha value is -0.610. The SMILES string of the molecule is O=C(CCCO)N1CCC(CN2CCCC2)CC1. The van der Waals surface area contributed by atoms with Crippen molar-refractivity contribution in [3.8, 4) is 0 Å². The molecule has 2 heterocycles. The first-order chi connectivity index (χ1) is 8.79. The second kappa shape index (κ2) is 7.10. The topological polar surface area (TPSA) is 43.8 Å². The maximum atomic E-state index is 11.8. The van der Waals surface area contributed by atoms with E-state index in [1.165, 1.54) is 32.5 Å². The largest absolute Gasteiger partial charge is 0.396 e. The van der Waals surface area contributed by atoms with Crippen molar-refractivity contribution in [1.82, 2.24) is 9.80 Å². The molecule has 1 amide bonds. The van der Waals surface area contributed by atoms with Crippen molar-refractivity contribution in [2.75, 3.05) is 39.3 Å². The van der Waals surface area contributed by atoms with Gasteiger partial charge in [-0.2, -0.15) is 0 Å². The van der Waals surface area contributed by atoms with Gasteiger partial charge in [-0.05, 0) is 51.1 Å². The minimum absolute atomic E-state index is 0.122. The third-order valence-electron chi connectivity index (χ3n) is 4.23. The number of aliphatic hydroxyl groups excluding tert-OH is 1. The molecule has 4 nitrogen and oxygen atoms in total. The van der Waals surface area contributed by atoms with E-state index in [1.807, 2.05) is 4.90 Å². The standard InChI is InChI=1S/C14H26N2O2/c17-11-3-4-14(18)16-9-5-13(6-10-16)12-15-7-1-2-8-15/h13,17H,1-12H2. The summed E-state index contributed by atoms with van der Waals surface area (Å²) in [6, 6.07) is 0. The van der Waals surface area contributed by atoms with Gasteiger partial charge in [0.25, 0.3) is 0 Å². The normalized spacial score (nSPS) is 22.6. The molecule has 0 unspecified atom stereocenters. The van der Waals surface area contributed by atoms with Crippen molar-refractivity contribution in [3.05, 3.63) is 0 Å². The van der Waals surface area contributed by atoms with Gasteiger partial charge in [-0.3, -0.25) is 4.79 Å². The van der Waals surface area contributed by atoms with E-state index in [4.69, 9.17) is 5.11 Å². The fraction of sp³-hybridized carbons (Fsp3) is 0.929. The average molecular weight is 254 g/mol. The molecule has 2 rings (SSSR count). The fourth-order valence-electron chi connectivity index (χ4n) is 3.08. The summed E-state index contributed by atoms with van der Waals surface area (Å²) in [7, 11) is 0. The van der Waals surface area contributed by atoms with Crippen LogP contribution in [0.15, 0.2) is 0 Å². The highest BCUT2D eigenvalue weighted by Crippen LogP contribution is 2.21. The number of piperidine rings is 1. The predicted octanol–water partition coefficient (Wildman–Crippen LogP) is 1.09. The molecule has 0 aromatic heterocycles. The Labute approximate surface area is 110 Å². The van der Waals surface area contributed by atoms with Crippen LogP contribution in [0.1, 0.15) is 38.5 Å². The minimum atomic E-state index is 0.122. The molecule has 0 atom stereocenters. The molecule has 2 aliphatic heterocycles. The van der Waals surface area contributed by atoms with Crippen LogP contribution in [0.3, 0.4) is 0 Å². The van der Waals surface area contributed by atoms with Crippen LogP contribution in [0.4, 0.5) is 0 Å². The third-order valence-corrected chi connectivity index (χ3v) is 4.23. The molecule has 4 heteroatoms. The Morgan fingerprint density at radius 3 is 2.39 bits per heavy atom. The molecule has 0 aromatic rings. The summed E-state index contributed by atoms with van der Waals surface area (Å²) in [5.41, 5.74) is 0. The smallest absolute Gasteiger partial charge is 0.222 e. The van der Waals surface area contributed by atoms with Gasteiger partial charge in [0, 0.05) is 32.7 Å². The van der Waals surface area contributed by atoms with Gasteiger partial charge in [0.15, 0.2) is 0 Å². The Morgan fingerprint density at radius 1 is 1.11 bits per heavy atom. The molecule has 1 N–H and O–H groups in total. The molecule has 0 bridgehead atoms. The lowest BCUT2D eigenvalue weighted by molar-refractivity contribution is -0.132. The van der Waals surface area contributed by atoms with E-state index in [0.29, 0.717) is 12.8 Å². The van der Waals surface area contributed by atoms with E-state index >= 15 is 0 Å². The number of likely N-dealkylation sites (tertiary alicyclic amines) is 2. The summed E-state index contributed by atoms with van der Waals surface area (Å²) in [6.45, 7) is 5.74. The van der Waals surface area contributed by atoms with Crippen LogP contribution in [0, 0.1) is 5.92 Å². The van der Waals surface area contributed by atoms with Crippen LogP contribution in [0.2, 0.25) is 0 Å². The quantitative estimate of drug-likeness (QED) is 0.799. The number of hydrogen-bond donors (Lipinski definition) is 1. The highest BCUT2D eigenvalue weighted by atomic mass is 16.3. The first kappa shape index (κ1) is 13.8.